The lowest BCUT2D eigenvalue weighted by Gasteiger charge is -2.13. The van der Waals surface area contributed by atoms with Crippen molar-refractivity contribution in [3.05, 3.63) is 81.0 Å². The van der Waals surface area contributed by atoms with Crippen molar-refractivity contribution >= 4 is 23.5 Å². The maximum absolute atomic E-state index is 13.8. The maximum atomic E-state index is 13.8. The van der Waals surface area contributed by atoms with E-state index in [4.69, 9.17) is 21.1 Å². The number of hydrogen-bond acceptors (Lipinski definition) is 6. The number of nitrogens with one attached hydrogen (secondary N) is 2. The molecule has 0 saturated carbocycles. The summed E-state index contributed by atoms with van der Waals surface area (Å²) in [7, 11) is 0. The van der Waals surface area contributed by atoms with Crippen LogP contribution in [0, 0.1) is 5.82 Å². The fraction of sp³-hybridized carbons (Fsp3) is 0.150. The smallest absolute Gasteiger partial charge is 0.285 e. The lowest BCUT2D eigenvalue weighted by atomic mass is 10.2. The molecule has 1 heterocycles. The molecule has 0 saturated heterocycles. The molecule has 150 valence electrons. The Bertz CT molecular complexity index is 1070. The summed E-state index contributed by atoms with van der Waals surface area (Å²) in [5, 5.41) is 9.88. The fourth-order valence-corrected chi connectivity index (χ4v) is 2.53. The van der Waals surface area contributed by atoms with Crippen LogP contribution >= 0.6 is 11.6 Å². The number of benzene rings is 2. The summed E-state index contributed by atoms with van der Waals surface area (Å²) in [5.41, 5.74) is 3.60. The fourth-order valence-electron chi connectivity index (χ4n) is 2.40. The Hall–Kier alpha value is -3.39. The van der Waals surface area contributed by atoms with Gasteiger partial charge in [-0.15, -0.1) is 0 Å². The highest BCUT2D eigenvalue weighted by atomic mass is 35.5. The van der Waals surface area contributed by atoms with Gasteiger partial charge in [0.05, 0.1) is 19.0 Å². The lowest BCUT2D eigenvalue weighted by molar-refractivity contribution is 0.266. The number of aromatic nitrogens is 2. The molecule has 0 unspecified atom stereocenters. The number of anilines is 1. The zero-order chi connectivity index (χ0) is 20.6. The van der Waals surface area contributed by atoms with Gasteiger partial charge in [-0.05, 0) is 36.8 Å². The first-order valence-corrected chi connectivity index (χ1v) is 9.11. The van der Waals surface area contributed by atoms with E-state index in [-0.39, 0.29) is 23.1 Å². The van der Waals surface area contributed by atoms with Crippen molar-refractivity contribution in [1.82, 2.24) is 10.2 Å². The van der Waals surface area contributed by atoms with Gasteiger partial charge in [0.25, 0.3) is 5.56 Å². The number of H-pyrrole nitrogens is 1. The van der Waals surface area contributed by atoms with E-state index in [0.29, 0.717) is 29.2 Å². The zero-order valence-corrected chi connectivity index (χ0v) is 16.2. The number of halogens is 2. The molecule has 0 fully saturated rings. The molecule has 1 aromatic heterocycles. The Morgan fingerprint density at radius 2 is 2.07 bits per heavy atom. The van der Waals surface area contributed by atoms with Crippen LogP contribution in [-0.4, -0.2) is 23.0 Å². The number of hydrazone groups is 1. The Morgan fingerprint density at radius 3 is 2.86 bits per heavy atom. The van der Waals surface area contributed by atoms with Crippen LogP contribution in [0.3, 0.4) is 0 Å². The second-order valence-corrected chi connectivity index (χ2v) is 6.19. The summed E-state index contributed by atoms with van der Waals surface area (Å²) in [6, 6.07) is 11.6. The van der Waals surface area contributed by atoms with Crippen LogP contribution in [0.1, 0.15) is 18.1 Å². The van der Waals surface area contributed by atoms with E-state index in [2.05, 4.69) is 20.7 Å². The summed E-state index contributed by atoms with van der Waals surface area (Å²) in [5.74, 6) is 0.666. The van der Waals surface area contributed by atoms with E-state index in [0.717, 1.165) is 0 Å². The van der Waals surface area contributed by atoms with Crippen molar-refractivity contribution in [3.63, 3.8) is 0 Å². The summed E-state index contributed by atoms with van der Waals surface area (Å²) < 4.78 is 25.1. The first kappa shape index (κ1) is 20.3. The van der Waals surface area contributed by atoms with Crippen molar-refractivity contribution in [2.24, 2.45) is 5.10 Å². The van der Waals surface area contributed by atoms with Crippen LogP contribution in [-0.2, 0) is 6.61 Å². The minimum atomic E-state index is -0.512. The molecule has 0 bridgehead atoms. The van der Waals surface area contributed by atoms with Gasteiger partial charge in [-0.1, -0.05) is 29.8 Å². The molecule has 29 heavy (non-hydrogen) atoms. The SMILES string of the molecule is CCOc1cc(/C=N/Nc2cn[nH]c(=O)c2Cl)ccc1OCc1ccccc1F. The van der Waals surface area contributed by atoms with Crippen molar-refractivity contribution in [1.29, 1.82) is 0 Å². The van der Waals surface area contributed by atoms with Crippen molar-refractivity contribution in [3.8, 4) is 11.5 Å². The van der Waals surface area contributed by atoms with Gasteiger partial charge in [-0.25, -0.2) is 9.49 Å². The molecule has 0 radical (unpaired) electrons. The molecule has 0 amide bonds. The minimum Gasteiger partial charge on any atom is -0.490 e. The van der Waals surface area contributed by atoms with Crippen molar-refractivity contribution in [2.45, 2.75) is 13.5 Å². The molecular formula is C20H18ClFN4O3. The quantitative estimate of drug-likeness (QED) is 0.428. The number of rotatable bonds is 8. The molecule has 3 aromatic rings. The standard InChI is InChI=1S/C20H18ClFN4O3/c1-2-28-18-9-13(10-23-25-16-11-24-26-20(27)19(16)21)7-8-17(18)29-12-14-5-3-4-6-15(14)22/h3-11H,2,12H2,1H3,(H2,25,26,27)/b23-10+. The Morgan fingerprint density at radius 1 is 1.24 bits per heavy atom. The second-order valence-electron chi connectivity index (χ2n) is 5.82. The van der Waals surface area contributed by atoms with E-state index in [1.54, 1.807) is 36.4 Å². The van der Waals surface area contributed by atoms with Gasteiger partial charge >= 0.3 is 0 Å². The highest BCUT2D eigenvalue weighted by Gasteiger charge is 2.08. The monoisotopic (exact) mass is 416 g/mol. The Kier molecular flexibility index (Phi) is 6.80. The summed E-state index contributed by atoms with van der Waals surface area (Å²) in [6.07, 6.45) is 2.88. The minimum absolute atomic E-state index is 0.0379. The molecular weight excluding hydrogens is 399 g/mol. The third kappa shape index (κ3) is 5.32. The van der Waals surface area contributed by atoms with Gasteiger partial charge in [0.2, 0.25) is 0 Å². The van der Waals surface area contributed by atoms with Crippen molar-refractivity contribution < 1.29 is 13.9 Å². The molecule has 3 rings (SSSR count). The van der Waals surface area contributed by atoms with E-state index < -0.39 is 5.56 Å². The average molecular weight is 417 g/mol. The highest BCUT2D eigenvalue weighted by Crippen LogP contribution is 2.29. The molecule has 0 aliphatic heterocycles. The third-order valence-corrected chi connectivity index (χ3v) is 4.18. The van der Waals surface area contributed by atoms with Gasteiger partial charge in [-0.3, -0.25) is 10.2 Å². The molecule has 2 N–H and O–H groups in total. The molecule has 0 atom stereocenters. The van der Waals surface area contributed by atoms with E-state index >= 15 is 0 Å². The molecule has 0 aliphatic carbocycles. The summed E-state index contributed by atoms with van der Waals surface area (Å²) in [6.45, 7) is 2.36. The van der Waals surface area contributed by atoms with E-state index in [1.807, 2.05) is 6.92 Å². The van der Waals surface area contributed by atoms with Crippen LogP contribution in [0.5, 0.6) is 11.5 Å². The van der Waals surface area contributed by atoms with E-state index in [9.17, 15) is 9.18 Å². The molecule has 0 spiro atoms. The van der Waals surface area contributed by atoms with E-state index in [1.165, 1.54) is 18.5 Å². The Labute approximate surface area is 171 Å². The number of aromatic amines is 1. The number of ether oxygens (including phenoxy) is 2. The summed E-state index contributed by atoms with van der Waals surface area (Å²) in [4.78, 5) is 11.4. The highest BCUT2D eigenvalue weighted by molar-refractivity contribution is 6.32. The van der Waals surface area contributed by atoms with Crippen LogP contribution in [0.2, 0.25) is 5.02 Å². The second kappa shape index (κ2) is 9.70. The van der Waals surface area contributed by atoms with Gasteiger partial charge in [-0.2, -0.15) is 10.2 Å². The molecule has 0 aliphatic rings. The Balaban J connectivity index is 1.72. The largest absolute Gasteiger partial charge is 0.490 e. The molecule has 9 heteroatoms. The number of hydrogen-bond donors (Lipinski definition) is 2. The predicted octanol–water partition coefficient (Wildman–Crippen LogP) is 3.99. The lowest BCUT2D eigenvalue weighted by Crippen LogP contribution is -2.10. The van der Waals surface area contributed by atoms with Crippen LogP contribution in [0.15, 0.2) is 58.6 Å². The predicted molar refractivity (Wildman–Crippen MR) is 109 cm³/mol. The molecule has 7 nitrogen and oxygen atoms in total. The summed E-state index contributed by atoms with van der Waals surface area (Å²) >= 11 is 5.88. The van der Waals surface area contributed by atoms with Crippen LogP contribution in [0.25, 0.3) is 0 Å². The third-order valence-electron chi connectivity index (χ3n) is 3.80. The van der Waals surface area contributed by atoms with Crippen LogP contribution in [0.4, 0.5) is 10.1 Å². The first-order chi connectivity index (χ1) is 14.1. The average Bonchev–Trinajstić information content (AvgIpc) is 2.72. The van der Waals surface area contributed by atoms with Crippen LogP contribution < -0.4 is 20.5 Å². The maximum Gasteiger partial charge on any atom is 0.285 e. The van der Waals surface area contributed by atoms with Gasteiger partial charge < -0.3 is 9.47 Å². The van der Waals surface area contributed by atoms with Crippen molar-refractivity contribution in [2.75, 3.05) is 12.0 Å². The zero-order valence-electron chi connectivity index (χ0n) is 15.5. The topological polar surface area (TPSA) is 88.6 Å². The normalized spacial score (nSPS) is 10.9. The number of nitrogens with zero attached hydrogens (tertiary/aromatic N) is 2. The molecule has 2 aromatic carbocycles. The van der Waals surface area contributed by atoms with Gasteiger partial charge in [0.1, 0.15) is 23.1 Å². The first-order valence-electron chi connectivity index (χ1n) is 8.73. The van der Waals surface area contributed by atoms with Gasteiger partial charge in [0, 0.05) is 5.56 Å². The van der Waals surface area contributed by atoms with Gasteiger partial charge in [0.15, 0.2) is 11.5 Å².